The van der Waals surface area contributed by atoms with Crippen molar-refractivity contribution in [1.29, 1.82) is 0 Å². The maximum atomic E-state index is 13.2. The molecule has 0 unspecified atom stereocenters. The highest BCUT2D eigenvalue weighted by Gasteiger charge is 2.28. The highest BCUT2D eigenvalue weighted by Crippen LogP contribution is 2.32. The van der Waals surface area contributed by atoms with Gasteiger partial charge in [-0.05, 0) is 61.7 Å². The van der Waals surface area contributed by atoms with Gasteiger partial charge in [-0.3, -0.25) is 4.79 Å². The van der Waals surface area contributed by atoms with Gasteiger partial charge in [0, 0.05) is 31.4 Å². The molecule has 0 bridgehead atoms. The zero-order chi connectivity index (χ0) is 19.7. The number of carbonyl (C=O) groups is 1. The average Bonchev–Trinajstić information content (AvgIpc) is 2.71. The summed E-state index contributed by atoms with van der Waals surface area (Å²) in [5.74, 6) is 0.902. The van der Waals surface area contributed by atoms with Crippen LogP contribution >= 0.6 is 0 Å². The number of hydrogen-bond donors (Lipinski definition) is 0. The van der Waals surface area contributed by atoms with Gasteiger partial charge in [0.25, 0.3) is 5.91 Å². The maximum absolute atomic E-state index is 13.2. The van der Waals surface area contributed by atoms with Crippen LogP contribution in [-0.2, 0) is 6.54 Å². The average molecular weight is 371 g/mol. The number of amides is 1. The Morgan fingerprint density at radius 3 is 2.50 bits per heavy atom. The lowest BCUT2D eigenvalue weighted by atomic mass is 10.0. The zero-order valence-electron chi connectivity index (χ0n) is 16.6. The van der Waals surface area contributed by atoms with Crippen molar-refractivity contribution in [3.63, 3.8) is 0 Å². The fourth-order valence-electron chi connectivity index (χ4n) is 3.60. The minimum atomic E-state index is 0.0346. The Labute approximate surface area is 166 Å². The molecule has 0 N–H and O–H groups in total. The van der Waals surface area contributed by atoms with E-state index in [0.717, 1.165) is 35.7 Å². The second-order valence-electron chi connectivity index (χ2n) is 7.51. The van der Waals surface area contributed by atoms with Crippen LogP contribution in [0, 0.1) is 20.8 Å². The molecule has 1 aliphatic rings. The van der Waals surface area contributed by atoms with Gasteiger partial charge in [-0.25, -0.2) is 4.98 Å². The molecule has 0 fully saturated rings. The summed E-state index contributed by atoms with van der Waals surface area (Å²) in [6.45, 7) is 8.40. The third-order valence-electron chi connectivity index (χ3n) is 5.44. The Bertz CT molecular complexity index is 1010. The van der Waals surface area contributed by atoms with E-state index in [0.29, 0.717) is 6.54 Å². The van der Waals surface area contributed by atoms with E-state index >= 15 is 0 Å². The first-order chi connectivity index (χ1) is 13.5. The summed E-state index contributed by atoms with van der Waals surface area (Å²) in [7, 11) is 0. The monoisotopic (exact) mass is 371 g/mol. The Kier molecular flexibility index (Phi) is 4.86. The van der Waals surface area contributed by atoms with Gasteiger partial charge in [0.2, 0.25) is 0 Å². The highest BCUT2D eigenvalue weighted by atomic mass is 16.2. The van der Waals surface area contributed by atoms with Crippen LogP contribution in [0.25, 0.3) is 0 Å². The molecular weight excluding hydrogens is 346 g/mol. The molecular formula is C24H25N3O. The third-order valence-corrected chi connectivity index (χ3v) is 5.44. The van der Waals surface area contributed by atoms with E-state index in [1.807, 2.05) is 42.2 Å². The van der Waals surface area contributed by atoms with Crippen molar-refractivity contribution in [3.8, 4) is 0 Å². The standard InChI is InChI=1S/C24H25N3O/c1-17-6-9-20(10-7-17)16-26-13-14-27(22-5-4-12-25-23(22)26)24(28)21-11-8-18(2)19(3)15-21/h4-12,15H,13-14,16H2,1-3H3. The molecule has 0 aliphatic carbocycles. The van der Waals surface area contributed by atoms with Gasteiger partial charge >= 0.3 is 0 Å². The summed E-state index contributed by atoms with van der Waals surface area (Å²) in [6.07, 6.45) is 1.80. The van der Waals surface area contributed by atoms with Crippen LogP contribution in [0.15, 0.2) is 60.8 Å². The quantitative estimate of drug-likeness (QED) is 0.671. The number of benzene rings is 2. The highest BCUT2D eigenvalue weighted by molar-refractivity contribution is 6.08. The molecule has 1 amide bonds. The molecule has 0 spiro atoms. The smallest absolute Gasteiger partial charge is 0.258 e. The molecule has 28 heavy (non-hydrogen) atoms. The number of carbonyl (C=O) groups excluding carboxylic acids is 1. The zero-order valence-corrected chi connectivity index (χ0v) is 16.6. The van der Waals surface area contributed by atoms with E-state index in [-0.39, 0.29) is 5.91 Å². The summed E-state index contributed by atoms with van der Waals surface area (Å²) in [5.41, 5.74) is 6.44. The van der Waals surface area contributed by atoms with Crippen molar-refractivity contribution in [2.24, 2.45) is 0 Å². The van der Waals surface area contributed by atoms with Gasteiger partial charge in [-0.1, -0.05) is 35.9 Å². The number of fused-ring (bicyclic) bond motifs is 1. The minimum absolute atomic E-state index is 0.0346. The van der Waals surface area contributed by atoms with Gasteiger partial charge < -0.3 is 9.80 Å². The van der Waals surface area contributed by atoms with Crippen LogP contribution in [0.1, 0.15) is 32.6 Å². The largest absolute Gasteiger partial charge is 0.349 e. The van der Waals surface area contributed by atoms with Crippen LogP contribution in [0.5, 0.6) is 0 Å². The van der Waals surface area contributed by atoms with Crippen LogP contribution in [0.2, 0.25) is 0 Å². The summed E-state index contributed by atoms with van der Waals surface area (Å²) >= 11 is 0. The number of aryl methyl sites for hydroxylation is 3. The molecule has 142 valence electrons. The summed E-state index contributed by atoms with van der Waals surface area (Å²) in [6, 6.07) is 18.4. The van der Waals surface area contributed by atoms with Crippen molar-refractivity contribution >= 4 is 17.4 Å². The Morgan fingerprint density at radius 1 is 0.964 bits per heavy atom. The lowest BCUT2D eigenvalue weighted by Crippen LogP contribution is -2.44. The van der Waals surface area contributed by atoms with Crippen molar-refractivity contribution in [1.82, 2.24) is 4.98 Å². The molecule has 4 heteroatoms. The Morgan fingerprint density at radius 2 is 1.75 bits per heavy atom. The Hall–Kier alpha value is -3.14. The molecule has 0 atom stereocenters. The minimum Gasteiger partial charge on any atom is -0.349 e. The fraction of sp³-hybridized carbons (Fsp3) is 0.250. The summed E-state index contributed by atoms with van der Waals surface area (Å²) in [5, 5.41) is 0. The van der Waals surface area contributed by atoms with E-state index in [9.17, 15) is 4.79 Å². The van der Waals surface area contributed by atoms with Crippen LogP contribution in [0.3, 0.4) is 0 Å². The number of pyridine rings is 1. The van der Waals surface area contributed by atoms with E-state index in [1.165, 1.54) is 16.7 Å². The van der Waals surface area contributed by atoms with Gasteiger partial charge in [0.05, 0.1) is 5.69 Å². The molecule has 4 nitrogen and oxygen atoms in total. The molecule has 0 radical (unpaired) electrons. The number of rotatable bonds is 3. The van der Waals surface area contributed by atoms with Gasteiger partial charge in [-0.15, -0.1) is 0 Å². The molecule has 4 rings (SSSR count). The topological polar surface area (TPSA) is 36.4 Å². The molecule has 1 aromatic heterocycles. The lowest BCUT2D eigenvalue weighted by molar-refractivity contribution is 0.0986. The van der Waals surface area contributed by atoms with Crippen molar-refractivity contribution in [2.45, 2.75) is 27.3 Å². The molecule has 1 aliphatic heterocycles. The summed E-state index contributed by atoms with van der Waals surface area (Å²) in [4.78, 5) is 21.9. The van der Waals surface area contributed by atoms with E-state index in [1.54, 1.807) is 6.20 Å². The first-order valence-electron chi connectivity index (χ1n) is 9.67. The van der Waals surface area contributed by atoms with E-state index in [4.69, 9.17) is 0 Å². The van der Waals surface area contributed by atoms with Crippen molar-refractivity contribution in [3.05, 3.63) is 88.6 Å². The molecule has 2 aromatic carbocycles. The fourth-order valence-corrected chi connectivity index (χ4v) is 3.60. The van der Waals surface area contributed by atoms with Crippen LogP contribution < -0.4 is 9.80 Å². The van der Waals surface area contributed by atoms with Gasteiger partial charge in [-0.2, -0.15) is 0 Å². The van der Waals surface area contributed by atoms with Crippen molar-refractivity contribution < 1.29 is 4.79 Å². The Balaban J connectivity index is 1.63. The maximum Gasteiger partial charge on any atom is 0.258 e. The number of hydrogen-bond acceptors (Lipinski definition) is 3. The molecule has 2 heterocycles. The van der Waals surface area contributed by atoms with Gasteiger partial charge in [0.1, 0.15) is 0 Å². The number of anilines is 2. The third kappa shape index (κ3) is 3.50. The number of nitrogens with zero attached hydrogens (tertiary/aromatic N) is 3. The number of aromatic nitrogens is 1. The van der Waals surface area contributed by atoms with Gasteiger partial charge in [0.15, 0.2) is 5.82 Å². The predicted molar refractivity (Wildman–Crippen MR) is 114 cm³/mol. The molecule has 3 aromatic rings. The molecule has 0 saturated heterocycles. The SMILES string of the molecule is Cc1ccc(CN2CCN(C(=O)c3ccc(C)c(C)c3)c3cccnc32)cc1. The summed E-state index contributed by atoms with van der Waals surface area (Å²) < 4.78 is 0. The van der Waals surface area contributed by atoms with E-state index in [2.05, 4.69) is 48.0 Å². The lowest BCUT2D eigenvalue weighted by Gasteiger charge is -2.36. The van der Waals surface area contributed by atoms with Crippen molar-refractivity contribution in [2.75, 3.05) is 22.9 Å². The van der Waals surface area contributed by atoms with Crippen LogP contribution in [-0.4, -0.2) is 24.0 Å². The first kappa shape index (κ1) is 18.2. The second-order valence-corrected chi connectivity index (χ2v) is 7.51. The predicted octanol–water partition coefficient (Wildman–Crippen LogP) is 4.67. The normalized spacial score (nSPS) is 13.4. The van der Waals surface area contributed by atoms with Crippen LogP contribution in [0.4, 0.5) is 11.5 Å². The van der Waals surface area contributed by atoms with E-state index < -0.39 is 0 Å². The molecule has 0 saturated carbocycles. The second kappa shape index (κ2) is 7.47. The first-order valence-corrected chi connectivity index (χ1v) is 9.67.